The molecule has 4 N–H and O–H groups in total. The maximum Gasteiger partial charge on any atom is 0.217 e. The van der Waals surface area contributed by atoms with Crippen LogP contribution >= 0.6 is 0 Å². The fraction of sp³-hybridized carbons (Fsp3) is 0.588. The molecule has 1 amide bonds. The van der Waals surface area contributed by atoms with E-state index in [0.29, 0.717) is 6.42 Å². The van der Waals surface area contributed by atoms with Crippen molar-refractivity contribution in [2.75, 3.05) is 0 Å². The molecule has 0 heterocycles. The zero-order valence-electron chi connectivity index (χ0n) is 12.6. The van der Waals surface area contributed by atoms with E-state index >= 15 is 0 Å². The first-order valence-electron chi connectivity index (χ1n) is 7.53. The summed E-state index contributed by atoms with van der Waals surface area (Å²) < 4.78 is 0. The molecule has 1 saturated carbocycles. The molecule has 1 aromatic rings. The SMILES string of the molecule is Cc1ccc(C(N)CC2(CC(N)=O)CCCC2)c(C)c1. The Balaban J connectivity index is 2.16. The van der Waals surface area contributed by atoms with Gasteiger partial charge in [0.05, 0.1) is 0 Å². The quantitative estimate of drug-likeness (QED) is 0.866. The van der Waals surface area contributed by atoms with E-state index in [1.165, 1.54) is 29.5 Å². The molecule has 1 unspecified atom stereocenters. The average Bonchev–Trinajstić information content (AvgIpc) is 2.75. The van der Waals surface area contributed by atoms with Gasteiger partial charge in [-0.25, -0.2) is 0 Å². The summed E-state index contributed by atoms with van der Waals surface area (Å²) in [6, 6.07) is 6.40. The predicted molar refractivity (Wildman–Crippen MR) is 82.2 cm³/mol. The first-order valence-corrected chi connectivity index (χ1v) is 7.53. The van der Waals surface area contributed by atoms with Crippen LogP contribution in [0.1, 0.15) is 61.3 Å². The Morgan fingerprint density at radius 2 is 1.95 bits per heavy atom. The molecule has 0 spiro atoms. The van der Waals surface area contributed by atoms with E-state index in [-0.39, 0.29) is 17.4 Å². The van der Waals surface area contributed by atoms with Gasteiger partial charge in [0.2, 0.25) is 5.91 Å². The molecule has 2 rings (SSSR count). The molecule has 0 aliphatic heterocycles. The van der Waals surface area contributed by atoms with Crippen molar-refractivity contribution >= 4 is 5.91 Å². The number of benzene rings is 1. The second kappa shape index (κ2) is 5.96. The number of carbonyl (C=O) groups is 1. The van der Waals surface area contributed by atoms with Gasteiger partial charge in [0.25, 0.3) is 0 Å². The summed E-state index contributed by atoms with van der Waals surface area (Å²) in [5.41, 5.74) is 15.6. The fourth-order valence-electron chi connectivity index (χ4n) is 3.77. The van der Waals surface area contributed by atoms with Gasteiger partial charge in [0.1, 0.15) is 0 Å². The van der Waals surface area contributed by atoms with Gasteiger partial charge in [-0.15, -0.1) is 0 Å². The van der Waals surface area contributed by atoms with Crippen molar-refractivity contribution in [2.45, 2.75) is 58.4 Å². The van der Waals surface area contributed by atoms with Gasteiger partial charge in [-0.05, 0) is 49.7 Å². The van der Waals surface area contributed by atoms with E-state index in [2.05, 4.69) is 32.0 Å². The van der Waals surface area contributed by atoms with E-state index in [4.69, 9.17) is 11.5 Å². The zero-order chi connectivity index (χ0) is 14.8. The second-order valence-corrected chi connectivity index (χ2v) is 6.52. The Hall–Kier alpha value is -1.35. The molecule has 0 aromatic heterocycles. The monoisotopic (exact) mass is 274 g/mol. The van der Waals surface area contributed by atoms with Crippen LogP contribution < -0.4 is 11.5 Å². The molecule has 1 fully saturated rings. The molecule has 3 heteroatoms. The normalized spacial score (nSPS) is 18.9. The molecule has 1 aromatic carbocycles. The van der Waals surface area contributed by atoms with Crippen molar-refractivity contribution < 1.29 is 4.79 Å². The summed E-state index contributed by atoms with van der Waals surface area (Å²) in [5.74, 6) is -0.195. The van der Waals surface area contributed by atoms with Crippen LogP contribution in [0.2, 0.25) is 0 Å². The third-order valence-corrected chi connectivity index (χ3v) is 4.69. The number of rotatable bonds is 5. The third-order valence-electron chi connectivity index (χ3n) is 4.69. The van der Waals surface area contributed by atoms with Gasteiger partial charge >= 0.3 is 0 Å². The number of hydrogen-bond acceptors (Lipinski definition) is 2. The van der Waals surface area contributed by atoms with Gasteiger partial charge in [0, 0.05) is 12.5 Å². The van der Waals surface area contributed by atoms with Gasteiger partial charge < -0.3 is 11.5 Å². The van der Waals surface area contributed by atoms with Crippen molar-refractivity contribution in [1.29, 1.82) is 0 Å². The lowest BCUT2D eigenvalue weighted by Gasteiger charge is -2.31. The van der Waals surface area contributed by atoms with E-state index < -0.39 is 0 Å². The highest BCUT2D eigenvalue weighted by molar-refractivity contribution is 5.74. The number of hydrogen-bond donors (Lipinski definition) is 2. The largest absolute Gasteiger partial charge is 0.370 e. The maximum atomic E-state index is 11.4. The van der Waals surface area contributed by atoms with Crippen molar-refractivity contribution in [3.63, 3.8) is 0 Å². The number of primary amides is 1. The van der Waals surface area contributed by atoms with Crippen LogP contribution in [0, 0.1) is 19.3 Å². The summed E-state index contributed by atoms with van der Waals surface area (Å²) in [7, 11) is 0. The van der Waals surface area contributed by atoms with Crippen LogP contribution in [0.5, 0.6) is 0 Å². The van der Waals surface area contributed by atoms with Gasteiger partial charge in [-0.1, -0.05) is 36.6 Å². The van der Waals surface area contributed by atoms with Crippen molar-refractivity contribution in [3.8, 4) is 0 Å². The van der Waals surface area contributed by atoms with E-state index in [0.717, 1.165) is 19.3 Å². The van der Waals surface area contributed by atoms with Crippen molar-refractivity contribution in [1.82, 2.24) is 0 Å². The summed E-state index contributed by atoms with van der Waals surface area (Å²) >= 11 is 0. The molecule has 110 valence electrons. The van der Waals surface area contributed by atoms with Crippen LogP contribution in [0.3, 0.4) is 0 Å². The van der Waals surface area contributed by atoms with Crippen LogP contribution in [0.4, 0.5) is 0 Å². The highest BCUT2D eigenvalue weighted by Crippen LogP contribution is 2.46. The molecule has 1 atom stereocenters. The highest BCUT2D eigenvalue weighted by Gasteiger charge is 2.37. The molecule has 20 heavy (non-hydrogen) atoms. The second-order valence-electron chi connectivity index (χ2n) is 6.52. The van der Waals surface area contributed by atoms with E-state index in [1.807, 2.05) is 0 Å². The van der Waals surface area contributed by atoms with Crippen LogP contribution in [0.15, 0.2) is 18.2 Å². The Morgan fingerprint density at radius 1 is 1.30 bits per heavy atom. The van der Waals surface area contributed by atoms with E-state index in [9.17, 15) is 4.79 Å². The predicted octanol–water partition coefficient (Wildman–Crippen LogP) is 3.13. The minimum absolute atomic E-state index is 0.00644. The van der Waals surface area contributed by atoms with Crippen LogP contribution in [-0.4, -0.2) is 5.91 Å². The first kappa shape index (κ1) is 15.0. The molecule has 0 radical (unpaired) electrons. The van der Waals surface area contributed by atoms with Crippen LogP contribution in [-0.2, 0) is 4.79 Å². The molecule has 1 aliphatic rings. The lowest BCUT2D eigenvalue weighted by Crippen LogP contribution is -2.29. The number of amides is 1. The zero-order valence-corrected chi connectivity index (χ0v) is 12.6. The highest BCUT2D eigenvalue weighted by atomic mass is 16.1. The van der Waals surface area contributed by atoms with Gasteiger partial charge in [0.15, 0.2) is 0 Å². The molecular weight excluding hydrogens is 248 g/mol. The Morgan fingerprint density at radius 3 is 2.50 bits per heavy atom. The van der Waals surface area contributed by atoms with Crippen molar-refractivity contribution in [2.24, 2.45) is 16.9 Å². The van der Waals surface area contributed by atoms with Gasteiger partial charge in [-0.2, -0.15) is 0 Å². The third kappa shape index (κ3) is 3.40. The van der Waals surface area contributed by atoms with Crippen molar-refractivity contribution in [3.05, 3.63) is 34.9 Å². The summed E-state index contributed by atoms with van der Waals surface area (Å²) in [6.07, 6.45) is 5.87. The number of aryl methyl sites for hydroxylation is 2. The standard InChI is InChI=1S/C17H26N2O/c1-12-5-6-14(13(2)9-12)15(18)10-17(11-16(19)20)7-3-4-8-17/h5-6,9,15H,3-4,7-8,10-11,18H2,1-2H3,(H2,19,20). The number of nitrogens with two attached hydrogens (primary N) is 2. The minimum Gasteiger partial charge on any atom is -0.370 e. The topological polar surface area (TPSA) is 69.1 Å². The Kier molecular flexibility index (Phi) is 4.48. The lowest BCUT2D eigenvalue weighted by atomic mass is 9.75. The molecule has 3 nitrogen and oxygen atoms in total. The molecule has 0 saturated heterocycles. The van der Waals surface area contributed by atoms with Gasteiger partial charge in [-0.3, -0.25) is 4.79 Å². The minimum atomic E-state index is -0.195. The average molecular weight is 274 g/mol. The summed E-state index contributed by atoms with van der Waals surface area (Å²) in [5, 5.41) is 0. The molecule has 0 bridgehead atoms. The smallest absolute Gasteiger partial charge is 0.217 e. The lowest BCUT2D eigenvalue weighted by molar-refractivity contribution is -0.120. The molecule has 1 aliphatic carbocycles. The Bertz CT molecular complexity index is 490. The molecular formula is C17H26N2O. The Labute approximate surface area is 121 Å². The van der Waals surface area contributed by atoms with E-state index in [1.54, 1.807) is 0 Å². The number of carbonyl (C=O) groups excluding carboxylic acids is 1. The fourth-order valence-corrected chi connectivity index (χ4v) is 3.77. The summed E-state index contributed by atoms with van der Waals surface area (Å²) in [6.45, 7) is 4.20. The summed E-state index contributed by atoms with van der Waals surface area (Å²) in [4.78, 5) is 11.4. The first-order chi connectivity index (χ1) is 9.42. The maximum absolute atomic E-state index is 11.4. The van der Waals surface area contributed by atoms with Crippen LogP contribution in [0.25, 0.3) is 0 Å².